The van der Waals surface area contributed by atoms with Crippen molar-refractivity contribution in [3.8, 4) is 0 Å². The van der Waals surface area contributed by atoms with E-state index in [4.69, 9.17) is 0 Å². The first-order chi connectivity index (χ1) is 6.93. The molecule has 0 fully saturated rings. The van der Waals surface area contributed by atoms with E-state index in [1.54, 1.807) is 20.7 Å². The maximum atomic E-state index is 4.64. The quantitative estimate of drug-likeness (QED) is 0.599. The summed E-state index contributed by atoms with van der Waals surface area (Å²) in [6.07, 6.45) is 0. The molecule has 15 heavy (non-hydrogen) atoms. The maximum Gasteiger partial charge on any atom is 0.390 e. The average Bonchev–Trinajstić information content (AvgIpc) is 2.51. The number of aromatic nitrogens is 1. The molecule has 0 amide bonds. The predicted molar refractivity (Wildman–Crippen MR) is 69.9 cm³/mol. The van der Waals surface area contributed by atoms with E-state index in [1.165, 1.54) is 0 Å². The van der Waals surface area contributed by atoms with Crippen LogP contribution in [0.2, 0.25) is 0 Å². The molecule has 0 aliphatic carbocycles. The molecule has 86 valence electrons. The summed E-state index contributed by atoms with van der Waals surface area (Å²) in [5, 5.41) is 1.13. The highest BCUT2D eigenvalue weighted by atomic mass is 32.9. The van der Waals surface area contributed by atoms with Crippen LogP contribution in [-0.4, -0.2) is 31.2 Å². The molecule has 0 N–H and O–H groups in total. The van der Waals surface area contributed by atoms with Crippen LogP contribution < -0.4 is 14.3 Å². The molecule has 0 saturated heterocycles. The highest BCUT2D eigenvalue weighted by Crippen LogP contribution is 2.23. The minimum absolute atomic E-state index is 0.498. The molecule has 0 aromatic carbocycles. The Hall–Kier alpha value is -0.420. The van der Waals surface area contributed by atoms with Crippen LogP contribution in [0.1, 0.15) is 27.7 Å². The summed E-state index contributed by atoms with van der Waals surface area (Å²) in [4.78, 5) is 8.08. The molecular formula is C10H20N3S2+. The van der Waals surface area contributed by atoms with Gasteiger partial charge in [-0.2, -0.15) is 0 Å². The first kappa shape index (κ1) is 12.6. The molecule has 1 aromatic heterocycles. The van der Waals surface area contributed by atoms with Gasteiger partial charge in [0.1, 0.15) is 0 Å². The Labute approximate surface area is 99.1 Å². The van der Waals surface area contributed by atoms with E-state index in [1.807, 2.05) is 14.1 Å². The smallest absolute Gasteiger partial charge is 0.322 e. The largest absolute Gasteiger partial charge is 0.390 e. The number of anilines is 1. The van der Waals surface area contributed by atoms with Gasteiger partial charge in [-0.25, -0.2) is 0 Å². The third-order valence-corrected chi connectivity index (χ3v) is 4.38. The van der Waals surface area contributed by atoms with Crippen LogP contribution in [-0.2, 0) is 0 Å². The molecule has 5 heteroatoms. The van der Waals surface area contributed by atoms with Crippen molar-refractivity contribution in [1.82, 2.24) is 9.56 Å². The van der Waals surface area contributed by atoms with Gasteiger partial charge in [0.25, 0.3) is 0 Å². The van der Waals surface area contributed by atoms with Crippen molar-refractivity contribution in [2.75, 3.05) is 19.0 Å². The van der Waals surface area contributed by atoms with E-state index in [0.29, 0.717) is 12.1 Å². The molecule has 0 saturated carbocycles. The topological polar surface area (TPSA) is 19.1 Å². The lowest BCUT2D eigenvalue weighted by Crippen LogP contribution is -2.37. The monoisotopic (exact) mass is 246 g/mol. The van der Waals surface area contributed by atoms with Crippen molar-refractivity contribution >= 4 is 25.8 Å². The van der Waals surface area contributed by atoms with Gasteiger partial charge in [0.2, 0.25) is 0 Å². The van der Waals surface area contributed by atoms with Crippen molar-refractivity contribution in [2.24, 2.45) is 0 Å². The lowest BCUT2D eigenvalue weighted by atomic mass is 10.2. The van der Waals surface area contributed by atoms with Crippen LogP contribution in [0.5, 0.6) is 0 Å². The van der Waals surface area contributed by atoms with Gasteiger partial charge < -0.3 is 4.90 Å². The Balaban J connectivity index is 3.08. The Bertz CT molecular complexity index is 364. The van der Waals surface area contributed by atoms with Gasteiger partial charge in [-0.1, -0.05) is 0 Å². The molecule has 0 unspecified atom stereocenters. The Morgan fingerprint density at radius 2 is 1.60 bits per heavy atom. The van der Waals surface area contributed by atoms with E-state index in [0.717, 1.165) is 9.93 Å². The molecule has 1 rings (SSSR count). The molecule has 0 bridgehead atoms. The third kappa shape index (κ3) is 3.01. The first-order valence-corrected chi connectivity index (χ1v) is 7.34. The second-order valence-electron chi connectivity index (χ2n) is 4.33. The Morgan fingerprint density at radius 1 is 1.07 bits per heavy atom. The second-order valence-corrected chi connectivity index (χ2v) is 6.40. The van der Waals surface area contributed by atoms with E-state index in [-0.39, 0.29) is 0 Å². The minimum atomic E-state index is 0.498. The fourth-order valence-corrected chi connectivity index (χ4v) is 3.99. The number of hydrogen-bond donors (Lipinski definition) is 0. The van der Waals surface area contributed by atoms with E-state index in [2.05, 4.69) is 42.2 Å². The summed E-state index contributed by atoms with van der Waals surface area (Å²) < 4.78 is 2.06. The van der Waals surface area contributed by atoms with Crippen LogP contribution in [0, 0.1) is 0 Å². The van der Waals surface area contributed by atoms with Crippen molar-refractivity contribution in [3.05, 3.63) is 4.80 Å². The van der Waals surface area contributed by atoms with Crippen molar-refractivity contribution in [1.29, 1.82) is 0 Å². The number of nitrogens with zero attached hydrogens (tertiary/aromatic N) is 3. The normalized spacial score (nSPS) is 11.2. The van der Waals surface area contributed by atoms with Gasteiger partial charge in [0.05, 0.1) is 14.1 Å². The molecular weight excluding hydrogens is 226 g/mol. The summed E-state index contributed by atoms with van der Waals surface area (Å²) in [7, 11) is 7.56. The lowest BCUT2D eigenvalue weighted by molar-refractivity contribution is 0.604. The zero-order chi connectivity index (χ0) is 11.6. The maximum absolute atomic E-state index is 4.64. The molecule has 0 spiro atoms. The van der Waals surface area contributed by atoms with Crippen molar-refractivity contribution in [3.63, 3.8) is 0 Å². The van der Waals surface area contributed by atoms with E-state index in [9.17, 15) is 0 Å². The zero-order valence-electron chi connectivity index (χ0n) is 10.3. The van der Waals surface area contributed by atoms with Crippen LogP contribution in [0.15, 0.2) is 0 Å². The molecule has 3 nitrogen and oxygen atoms in total. The van der Waals surface area contributed by atoms with Crippen molar-refractivity contribution in [2.45, 2.75) is 39.8 Å². The second kappa shape index (κ2) is 5.07. The fraction of sp³-hybridized carbons (Fsp3) is 0.800. The molecule has 1 aromatic rings. The summed E-state index contributed by atoms with van der Waals surface area (Å²) in [5.74, 6) is 0. The third-order valence-electron chi connectivity index (χ3n) is 2.10. The molecule has 1 heterocycles. The summed E-state index contributed by atoms with van der Waals surface area (Å²) >= 11 is 0. The van der Waals surface area contributed by atoms with Gasteiger partial charge >= 0.3 is 9.93 Å². The zero-order valence-corrected chi connectivity index (χ0v) is 11.9. The van der Waals surface area contributed by atoms with Crippen LogP contribution in [0.4, 0.5) is 5.13 Å². The SMILES string of the molecule is CC(C)N(c1nc(=[N+](C)C)ss1)C(C)C. The standard InChI is InChI=1S/C10H20N3S2/c1-7(2)13(8(3)4)10-11-9(12(5)6)14-15-10/h7-8H,1-6H3/q+1. The van der Waals surface area contributed by atoms with Gasteiger partial charge in [0, 0.05) is 27.4 Å². The lowest BCUT2D eigenvalue weighted by Gasteiger charge is -2.27. The van der Waals surface area contributed by atoms with E-state index >= 15 is 0 Å². The highest BCUT2D eigenvalue weighted by molar-refractivity contribution is 7.69. The summed E-state index contributed by atoms with van der Waals surface area (Å²) in [6.45, 7) is 8.84. The van der Waals surface area contributed by atoms with Gasteiger partial charge in [0.15, 0.2) is 0 Å². The first-order valence-electron chi connectivity index (χ1n) is 5.19. The number of rotatable bonds is 3. The molecule has 0 aliphatic heterocycles. The summed E-state index contributed by atoms with van der Waals surface area (Å²) in [5.41, 5.74) is 0. The average molecular weight is 246 g/mol. The van der Waals surface area contributed by atoms with Crippen LogP contribution >= 0.6 is 20.7 Å². The van der Waals surface area contributed by atoms with E-state index < -0.39 is 0 Å². The van der Waals surface area contributed by atoms with Crippen molar-refractivity contribution < 1.29 is 0 Å². The predicted octanol–water partition coefficient (Wildman–Crippen LogP) is 1.86. The highest BCUT2D eigenvalue weighted by Gasteiger charge is 2.22. The molecule has 0 aliphatic rings. The molecule has 0 atom stereocenters. The number of hydrogen-bond acceptors (Lipinski definition) is 4. The fourth-order valence-electron chi connectivity index (χ4n) is 1.51. The van der Waals surface area contributed by atoms with Crippen LogP contribution in [0.3, 0.4) is 0 Å². The minimum Gasteiger partial charge on any atom is -0.322 e. The Kier molecular flexibility index (Phi) is 4.28. The summed E-state index contributed by atoms with van der Waals surface area (Å²) in [6, 6.07) is 0.997. The molecule has 0 radical (unpaired) electrons. The van der Waals surface area contributed by atoms with Gasteiger partial charge in [-0.05, 0) is 38.0 Å². The van der Waals surface area contributed by atoms with Gasteiger partial charge in [-0.15, -0.1) is 0 Å². The van der Waals surface area contributed by atoms with Crippen LogP contribution in [0.25, 0.3) is 0 Å². The van der Waals surface area contributed by atoms with Gasteiger partial charge in [-0.3, -0.25) is 4.58 Å². The Morgan fingerprint density at radius 3 is 1.93 bits per heavy atom.